The van der Waals surface area contributed by atoms with Gasteiger partial charge < -0.3 is 5.73 Å². The highest BCUT2D eigenvalue weighted by atomic mass is 32.2. The van der Waals surface area contributed by atoms with Crippen LogP contribution in [0.4, 0.5) is 5.82 Å². The SMILES string of the molecule is NCc1cn[nH]c1NS(N)(=O)=O. The fraction of sp³-hybridized carbons (Fsp3) is 0.250. The molecule has 8 heteroatoms. The molecule has 0 aliphatic carbocycles. The zero-order valence-electron chi connectivity index (χ0n) is 6.11. The number of aromatic amines is 1. The summed E-state index contributed by atoms with van der Waals surface area (Å²) in [5, 5.41) is 10.7. The largest absolute Gasteiger partial charge is 0.326 e. The van der Waals surface area contributed by atoms with Crippen LogP contribution in [0.2, 0.25) is 0 Å². The van der Waals surface area contributed by atoms with Gasteiger partial charge in [0, 0.05) is 12.1 Å². The number of nitrogens with zero attached hydrogens (tertiary/aromatic N) is 1. The molecule has 0 aliphatic heterocycles. The van der Waals surface area contributed by atoms with E-state index >= 15 is 0 Å². The van der Waals surface area contributed by atoms with Crippen molar-refractivity contribution >= 4 is 16.0 Å². The lowest BCUT2D eigenvalue weighted by Gasteiger charge is -2.00. The summed E-state index contributed by atoms with van der Waals surface area (Å²) in [6.45, 7) is 0.189. The summed E-state index contributed by atoms with van der Waals surface area (Å²) in [5.74, 6) is 0.208. The second-order valence-corrected chi connectivity index (χ2v) is 3.42. The van der Waals surface area contributed by atoms with Gasteiger partial charge in [-0.25, -0.2) is 5.14 Å². The van der Waals surface area contributed by atoms with Gasteiger partial charge in [-0.3, -0.25) is 9.82 Å². The number of aromatic nitrogens is 2. The summed E-state index contributed by atoms with van der Waals surface area (Å²) in [5.41, 5.74) is 5.84. The molecule has 12 heavy (non-hydrogen) atoms. The van der Waals surface area contributed by atoms with Crippen molar-refractivity contribution < 1.29 is 8.42 Å². The average Bonchev–Trinajstić information content (AvgIpc) is 2.31. The number of anilines is 1. The summed E-state index contributed by atoms with van der Waals surface area (Å²) in [7, 11) is -3.76. The fourth-order valence-electron chi connectivity index (χ4n) is 0.696. The van der Waals surface area contributed by atoms with Crippen LogP contribution in [0.15, 0.2) is 6.20 Å². The highest BCUT2D eigenvalue weighted by molar-refractivity contribution is 7.90. The van der Waals surface area contributed by atoms with Gasteiger partial charge in [-0.15, -0.1) is 0 Å². The molecule has 0 saturated heterocycles. The van der Waals surface area contributed by atoms with Crippen molar-refractivity contribution in [2.45, 2.75) is 6.54 Å². The van der Waals surface area contributed by atoms with Gasteiger partial charge in [-0.2, -0.15) is 13.5 Å². The molecule has 68 valence electrons. The molecule has 0 spiro atoms. The lowest BCUT2D eigenvalue weighted by molar-refractivity contribution is 0.602. The molecule has 1 aromatic rings. The van der Waals surface area contributed by atoms with Gasteiger partial charge in [0.2, 0.25) is 0 Å². The van der Waals surface area contributed by atoms with E-state index in [0.29, 0.717) is 5.56 Å². The molecule has 1 heterocycles. The second kappa shape index (κ2) is 3.09. The number of hydrogen-bond acceptors (Lipinski definition) is 4. The standard InChI is InChI=1S/C4H9N5O2S/c5-1-3-2-7-8-4(3)9-12(6,10)11/h2H,1,5H2,(H2,6,10,11)(H2,7,8,9). The summed E-state index contributed by atoms with van der Waals surface area (Å²) < 4.78 is 23.1. The Morgan fingerprint density at radius 3 is 2.83 bits per heavy atom. The van der Waals surface area contributed by atoms with Gasteiger partial charge in [-0.1, -0.05) is 0 Å². The van der Waals surface area contributed by atoms with Gasteiger partial charge in [0.05, 0.1) is 6.20 Å². The zero-order chi connectivity index (χ0) is 9.19. The van der Waals surface area contributed by atoms with E-state index in [2.05, 4.69) is 10.2 Å². The quantitative estimate of drug-likeness (QED) is 0.462. The van der Waals surface area contributed by atoms with Crippen LogP contribution in [0.1, 0.15) is 5.56 Å². The Kier molecular flexibility index (Phi) is 2.31. The molecular weight excluding hydrogens is 182 g/mol. The number of rotatable bonds is 3. The molecule has 0 bridgehead atoms. The Morgan fingerprint density at radius 2 is 2.33 bits per heavy atom. The molecule has 0 saturated carbocycles. The van der Waals surface area contributed by atoms with Gasteiger partial charge >= 0.3 is 0 Å². The fourth-order valence-corrected chi connectivity index (χ4v) is 1.16. The lowest BCUT2D eigenvalue weighted by Crippen LogP contribution is -2.22. The number of H-pyrrole nitrogens is 1. The van der Waals surface area contributed by atoms with Gasteiger partial charge in [0.25, 0.3) is 10.2 Å². The van der Waals surface area contributed by atoms with Crippen LogP contribution in [0, 0.1) is 0 Å². The maximum atomic E-state index is 10.5. The van der Waals surface area contributed by atoms with Crippen LogP contribution in [-0.4, -0.2) is 18.6 Å². The highest BCUT2D eigenvalue weighted by Crippen LogP contribution is 2.09. The van der Waals surface area contributed by atoms with E-state index in [9.17, 15) is 8.42 Å². The molecule has 0 amide bonds. The van der Waals surface area contributed by atoms with E-state index in [4.69, 9.17) is 10.9 Å². The van der Waals surface area contributed by atoms with Gasteiger partial charge in [0.1, 0.15) is 5.82 Å². The third-order valence-corrected chi connectivity index (χ3v) is 1.67. The van der Waals surface area contributed by atoms with Crippen LogP contribution >= 0.6 is 0 Å². The van der Waals surface area contributed by atoms with Crippen molar-refractivity contribution in [2.24, 2.45) is 10.9 Å². The van der Waals surface area contributed by atoms with Crippen molar-refractivity contribution in [1.29, 1.82) is 0 Å². The Morgan fingerprint density at radius 1 is 1.67 bits per heavy atom. The normalized spacial score (nSPS) is 11.5. The zero-order valence-corrected chi connectivity index (χ0v) is 6.93. The average molecular weight is 191 g/mol. The minimum Gasteiger partial charge on any atom is -0.326 e. The number of nitrogens with two attached hydrogens (primary N) is 2. The third-order valence-electron chi connectivity index (χ3n) is 1.18. The van der Waals surface area contributed by atoms with Crippen LogP contribution in [0.3, 0.4) is 0 Å². The van der Waals surface area contributed by atoms with E-state index in [1.54, 1.807) is 0 Å². The van der Waals surface area contributed by atoms with Crippen LogP contribution < -0.4 is 15.6 Å². The van der Waals surface area contributed by atoms with E-state index < -0.39 is 10.2 Å². The molecular formula is C4H9N5O2S. The Hall–Kier alpha value is -1.12. The molecule has 0 atom stereocenters. The van der Waals surface area contributed by atoms with Crippen molar-refractivity contribution in [3.63, 3.8) is 0 Å². The molecule has 0 fully saturated rings. The Balaban J connectivity index is 2.89. The van der Waals surface area contributed by atoms with Crippen LogP contribution in [0.25, 0.3) is 0 Å². The van der Waals surface area contributed by atoms with Gasteiger partial charge in [0.15, 0.2) is 0 Å². The van der Waals surface area contributed by atoms with Crippen LogP contribution in [0.5, 0.6) is 0 Å². The monoisotopic (exact) mass is 191 g/mol. The molecule has 0 unspecified atom stereocenters. The smallest absolute Gasteiger partial charge is 0.297 e. The molecule has 0 radical (unpaired) electrons. The molecule has 6 N–H and O–H groups in total. The third kappa shape index (κ3) is 2.19. The van der Waals surface area contributed by atoms with Crippen molar-refractivity contribution in [2.75, 3.05) is 4.72 Å². The van der Waals surface area contributed by atoms with Crippen molar-refractivity contribution in [1.82, 2.24) is 10.2 Å². The molecule has 1 aromatic heterocycles. The van der Waals surface area contributed by atoms with Crippen LogP contribution in [-0.2, 0) is 16.8 Å². The minimum atomic E-state index is -3.76. The molecule has 7 nitrogen and oxygen atoms in total. The minimum absolute atomic E-state index is 0.189. The first-order valence-electron chi connectivity index (χ1n) is 3.06. The Bertz CT molecular complexity index is 355. The first-order valence-corrected chi connectivity index (χ1v) is 4.60. The van der Waals surface area contributed by atoms with E-state index in [-0.39, 0.29) is 12.4 Å². The number of hydrogen-bond donors (Lipinski definition) is 4. The van der Waals surface area contributed by atoms with Crippen molar-refractivity contribution in [3.05, 3.63) is 11.8 Å². The first kappa shape index (κ1) is 8.97. The Labute approximate surface area is 69.3 Å². The van der Waals surface area contributed by atoms with Crippen molar-refractivity contribution in [3.8, 4) is 0 Å². The summed E-state index contributed by atoms with van der Waals surface area (Å²) >= 11 is 0. The summed E-state index contributed by atoms with van der Waals surface area (Å²) in [4.78, 5) is 0. The van der Waals surface area contributed by atoms with E-state index in [1.165, 1.54) is 6.20 Å². The van der Waals surface area contributed by atoms with E-state index in [0.717, 1.165) is 0 Å². The molecule has 0 aromatic carbocycles. The first-order chi connectivity index (χ1) is 5.53. The topological polar surface area (TPSA) is 127 Å². The van der Waals surface area contributed by atoms with E-state index in [1.807, 2.05) is 4.72 Å². The van der Waals surface area contributed by atoms with Gasteiger partial charge in [-0.05, 0) is 0 Å². The lowest BCUT2D eigenvalue weighted by atomic mass is 10.3. The molecule has 0 aliphatic rings. The highest BCUT2D eigenvalue weighted by Gasteiger charge is 2.07. The molecule has 1 rings (SSSR count). The maximum Gasteiger partial charge on any atom is 0.297 e. The number of nitrogens with one attached hydrogen (secondary N) is 2. The predicted octanol–water partition coefficient (Wildman–Crippen LogP) is -1.52. The maximum absolute atomic E-state index is 10.5. The summed E-state index contributed by atoms with van der Waals surface area (Å²) in [6.07, 6.45) is 1.42. The second-order valence-electron chi connectivity index (χ2n) is 2.12. The predicted molar refractivity (Wildman–Crippen MR) is 43.2 cm³/mol. The summed E-state index contributed by atoms with van der Waals surface area (Å²) in [6, 6.07) is 0.